The molecular formula is C13H21NO. The highest BCUT2D eigenvalue weighted by Crippen LogP contribution is 2.19. The van der Waals surface area contributed by atoms with Crippen LogP contribution in [0.25, 0.3) is 0 Å². The van der Waals surface area contributed by atoms with Crippen LogP contribution >= 0.6 is 0 Å². The van der Waals surface area contributed by atoms with Gasteiger partial charge in [-0.05, 0) is 11.0 Å². The maximum absolute atomic E-state index is 9.28. The largest absolute Gasteiger partial charge is 0.395 e. The second-order valence-electron chi connectivity index (χ2n) is 4.97. The molecule has 0 aromatic heterocycles. The molecule has 0 bridgehead atoms. The van der Waals surface area contributed by atoms with Crippen LogP contribution in [0, 0.1) is 5.41 Å². The highest BCUT2D eigenvalue weighted by atomic mass is 16.3. The first-order chi connectivity index (χ1) is 7.04. The molecule has 1 rings (SSSR count). The summed E-state index contributed by atoms with van der Waals surface area (Å²) >= 11 is 0. The van der Waals surface area contributed by atoms with Crippen LogP contribution in [0.4, 0.5) is 0 Å². The predicted octanol–water partition coefficient (Wildman–Crippen LogP) is 2.18. The molecule has 0 aliphatic carbocycles. The minimum absolute atomic E-state index is 0.0868. The van der Waals surface area contributed by atoms with E-state index in [1.54, 1.807) is 0 Å². The zero-order valence-electron chi connectivity index (χ0n) is 9.83. The number of aliphatic hydroxyl groups excluding tert-OH is 1. The number of nitrogens with one attached hydrogen (secondary N) is 1. The summed E-state index contributed by atoms with van der Waals surface area (Å²) in [5.74, 6) is 0. The summed E-state index contributed by atoms with van der Waals surface area (Å²) in [4.78, 5) is 0. The molecule has 0 radical (unpaired) electrons. The van der Waals surface area contributed by atoms with Gasteiger partial charge in [0.05, 0.1) is 6.61 Å². The Kier molecular flexibility index (Phi) is 4.30. The van der Waals surface area contributed by atoms with Crippen LogP contribution in [0.2, 0.25) is 0 Å². The number of rotatable bonds is 4. The van der Waals surface area contributed by atoms with Gasteiger partial charge in [0, 0.05) is 12.6 Å². The van der Waals surface area contributed by atoms with E-state index in [2.05, 4.69) is 38.2 Å². The number of aliphatic hydroxyl groups is 1. The second kappa shape index (κ2) is 5.29. The highest BCUT2D eigenvalue weighted by molar-refractivity contribution is 5.14. The molecule has 0 fully saturated rings. The summed E-state index contributed by atoms with van der Waals surface area (Å²) in [5, 5.41) is 12.7. The van der Waals surface area contributed by atoms with Crippen molar-refractivity contribution in [2.45, 2.75) is 33.4 Å². The van der Waals surface area contributed by atoms with Crippen molar-refractivity contribution in [2.24, 2.45) is 5.41 Å². The zero-order chi connectivity index (χ0) is 11.3. The fourth-order valence-electron chi connectivity index (χ4n) is 1.48. The molecule has 0 amide bonds. The van der Waals surface area contributed by atoms with Crippen molar-refractivity contribution in [3.05, 3.63) is 35.9 Å². The molecule has 1 atom stereocenters. The van der Waals surface area contributed by atoms with E-state index in [0.717, 1.165) is 6.54 Å². The van der Waals surface area contributed by atoms with Crippen molar-refractivity contribution in [1.29, 1.82) is 0 Å². The fraction of sp³-hybridized carbons (Fsp3) is 0.538. The standard InChI is InChI=1S/C13H21NO/c1-13(2,3)12(10-15)14-9-11-7-5-4-6-8-11/h4-8,12,14-15H,9-10H2,1-3H3/t12-/m1/s1. The lowest BCUT2D eigenvalue weighted by Gasteiger charge is -2.30. The summed E-state index contributed by atoms with van der Waals surface area (Å²) in [7, 11) is 0. The Hall–Kier alpha value is -0.860. The van der Waals surface area contributed by atoms with Crippen LogP contribution in [0.3, 0.4) is 0 Å². The average molecular weight is 207 g/mol. The van der Waals surface area contributed by atoms with Crippen molar-refractivity contribution in [2.75, 3.05) is 6.61 Å². The smallest absolute Gasteiger partial charge is 0.0589 e. The topological polar surface area (TPSA) is 32.3 Å². The molecule has 0 aliphatic rings. The first-order valence-electron chi connectivity index (χ1n) is 5.42. The van der Waals surface area contributed by atoms with Gasteiger partial charge in [-0.3, -0.25) is 0 Å². The summed E-state index contributed by atoms with van der Waals surface area (Å²) in [5.41, 5.74) is 1.34. The van der Waals surface area contributed by atoms with Crippen molar-refractivity contribution >= 4 is 0 Å². The van der Waals surface area contributed by atoms with Crippen LogP contribution in [0.5, 0.6) is 0 Å². The van der Waals surface area contributed by atoms with E-state index in [4.69, 9.17) is 0 Å². The Balaban J connectivity index is 2.49. The molecule has 15 heavy (non-hydrogen) atoms. The number of hydrogen-bond donors (Lipinski definition) is 2. The highest BCUT2D eigenvalue weighted by Gasteiger charge is 2.22. The molecule has 2 N–H and O–H groups in total. The van der Waals surface area contributed by atoms with Crippen molar-refractivity contribution < 1.29 is 5.11 Å². The maximum Gasteiger partial charge on any atom is 0.0589 e. The molecule has 1 aromatic rings. The lowest BCUT2D eigenvalue weighted by molar-refractivity contribution is 0.158. The molecule has 2 heteroatoms. The van der Waals surface area contributed by atoms with Gasteiger partial charge < -0.3 is 10.4 Å². The minimum atomic E-state index is 0.0868. The van der Waals surface area contributed by atoms with Crippen LogP contribution in [0.1, 0.15) is 26.3 Å². The first kappa shape index (κ1) is 12.2. The van der Waals surface area contributed by atoms with Gasteiger partial charge >= 0.3 is 0 Å². The van der Waals surface area contributed by atoms with E-state index >= 15 is 0 Å². The lowest BCUT2D eigenvalue weighted by Crippen LogP contribution is -2.42. The van der Waals surface area contributed by atoms with Crippen molar-refractivity contribution in [3.63, 3.8) is 0 Å². The monoisotopic (exact) mass is 207 g/mol. The van der Waals surface area contributed by atoms with Crippen molar-refractivity contribution in [3.8, 4) is 0 Å². The Bertz CT molecular complexity index is 276. The third kappa shape index (κ3) is 4.02. The Morgan fingerprint density at radius 2 is 1.80 bits per heavy atom. The molecule has 0 unspecified atom stereocenters. The van der Waals surface area contributed by atoms with Gasteiger partial charge in [0.15, 0.2) is 0 Å². The summed E-state index contributed by atoms with van der Waals surface area (Å²) in [6, 6.07) is 10.4. The van der Waals surface area contributed by atoms with Gasteiger partial charge in [0.2, 0.25) is 0 Å². The van der Waals surface area contributed by atoms with Gasteiger partial charge in [0.1, 0.15) is 0 Å². The van der Waals surface area contributed by atoms with Gasteiger partial charge in [-0.15, -0.1) is 0 Å². The van der Waals surface area contributed by atoms with Gasteiger partial charge in [-0.2, -0.15) is 0 Å². The van der Waals surface area contributed by atoms with E-state index in [0.29, 0.717) is 0 Å². The Morgan fingerprint density at radius 3 is 2.27 bits per heavy atom. The quantitative estimate of drug-likeness (QED) is 0.793. The molecule has 0 saturated heterocycles. The first-order valence-corrected chi connectivity index (χ1v) is 5.42. The molecule has 2 nitrogen and oxygen atoms in total. The molecule has 0 aliphatic heterocycles. The van der Waals surface area contributed by atoms with E-state index in [1.165, 1.54) is 5.56 Å². The normalized spacial score (nSPS) is 13.9. The SMILES string of the molecule is CC(C)(C)[C@@H](CO)NCc1ccccc1. The third-order valence-corrected chi connectivity index (χ3v) is 2.62. The predicted molar refractivity (Wildman–Crippen MR) is 63.6 cm³/mol. The molecule has 0 spiro atoms. The lowest BCUT2D eigenvalue weighted by atomic mass is 9.87. The van der Waals surface area contributed by atoms with Crippen LogP contribution < -0.4 is 5.32 Å². The molecule has 1 aromatic carbocycles. The van der Waals surface area contributed by atoms with Crippen LogP contribution in [0.15, 0.2) is 30.3 Å². The van der Waals surface area contributed by atoms with Gasteiger partial charge in [0.25, 0.3) is 0 Å². The summed E-state index contributed by atoms with van der Waals surface area (Å²) in [6.45, 7) is 7.38. The van der Waals surface area contributed by atoms with E-state index < -0.39 is 0 Å². The maximum atomic E-state index is 9.28. The minimum Gasteiger partial charge on any atom is -0.395 e. The molecule has 84 valence electrons. The number of benzene rings is 1. The molecule has 0 heterocycles. The second-order valence-corrected chi connectivity index (χ2v) is 4.97. The average Bonchev–Trinajstić information content (AvgIpc) is 2.18. The summed E-state index contributed by atoms with van der Waals surface area (Å²) < 4.78 is 0. The number of hydrogen-bond acceptors (Lipinski definition) is 2. The Morgan fingerprint density at radius 1 is 1.20 bits per heavy atom. The van der Waals surface area contributed by atoms with Crippen molar-refractivity contribution in [1.82, 2.24) is 5.32 Å². The summed E-state index contributed by atoms with van der Waals surface area (Å²) in [6.07, 6.45) is 0. The molecule has 0 saturated carbocycles. The van der Waals surface area contributed by atoms with E-state index in [9.17, 15) is 5.11 Å². The Labute approximate surface area is 92.3 Å². The van der Waals surface area contributed by atoms with Gasteiger partial charge in [-0.25, -0.2) is 0 Å². The van der Waals surface area contributed by atoms with E-state index in [1.807, 2.05) is 18.2 Å². The van der Waals surface area contributed by atoms with Gasteiger partial charge in [-0.1, -0.05) is 51.1 Å². The molecular weight excluding hydrogens is 186 g/mol. The third-order valence-electron chi connectivity index (χ3n) is 2.62. The van der Waals surface area contributed by atoms with Crippen LogP contribution in [-0.4, -0.2) is 17.8 Å². The van der Waals surface area contributed by atoms with E-state index in [-0.39, 0.29) is 18.1 Å². The zero-order valence-corrected chi connectivity index (χ0v) is 9.83. The van der Waals surface area contributed by atoms with Crippen LogP contribution in [-0.2, 0) is 6.54 Å². The fourth-order valence-corrected chi connectivity index (χ4v) is 1.48.